The van der Waals surface area contributed by atoms with Crippen molar-refractivity contribution < 1.29 is 19.1 Å². The first kappa shape index (κ1) is 12.0. The summed E-state index contributed by atoms with van der Waals surface area (Å²) in [4.78, 5) is 25.8. The van der Waals surface area contributed by atoms with Gasteiger partial charge in [0.05, 0.1) is 0 Å². The number of rotatable bonds is 4. The summed E-state index contributed by atoms with van der Waals surface area (Å²) in [6, 6.07) is 0. The van der Waals surface area contributed by atoms with Crippen LogP contribution in [0.15, 0.2) is 0 Å². The third-order valence-corrected chi connectivity index (χ3v) is 2.58. The molecule has 2 fully saturated rings. The molecule has 0 aliphatic carbocycles. The van der Waals surface area contributed by atoms with E-state index in [1.54, 1.807) is 9.80 Å². The van der Waals surface area contributed by atoms with Gasteiger partial charge in [0.25, 0.3) is 0 Å². The van der Waals surface area contributed by atoms with Gasteiger partial charge in [-0.25, -0.2) is 9.59 Å². The minimum absolute atomic E-state index is 0.260. The van der Waals surface area contributed by atoms with Crippen molar-refractivity contribution in [3.05, 3.63) is 0 Å². The molecule has 0 N–H and O–H groups in total. The van der Waals surface area contributed by atoms with Crippen LogP contribution in [0.1, 0.15) is 13.8 Å². The summed E-state index contributed by atoms with van der Waals surface area (Å²) < 4.78 is 10.2. The molecule has 2 aliphatic rings. The van der Waals surface area contributed by atoms with Gasteiger partial charge in [0.2, 0.25) is 0 Å². The van der Waals surface area contributed by atoms with E-state index in [0.717, 1.165) is 26.2 Å². The van der Waals surface area contributed by atoms with Crippen LogP contribution in [0.3, 0.4) is 0 Å². The average Bonchev–Trinajstić information content (AvgIpc) is 3.14. The first-order valence-electron chi connectivity index (χ1n) is 5.81. The molecule has 0 radical (unpaired) electrons. The molecule has 2 saturated heterocycles. The van der Waals surface area contributed by atoms with E-state index in [9.17, 15) is 9.59 Å². The Hall–Kier alpha value is -1.46. The predicted molar refractivity (Wildman–Crippen MR) is 59.6 cm³/mol. The molecule has 0 aromatic heterocycles. The van der Waals surface area contributed by atoms with E-state index in [2.05, 4.69) is 0 Å². The Balaban J connectivity index is 1.65. The van der Waals surface area contributed by atoms with Crippen molar-refractivity contribution in [2.45, 2.75) is 13.8 Å². The summed E-state index contributed by atoms with van der Waals surface area (Å²) in [5.41, 5.74) is -0.350. The highest BCUT2D eigenvalue weighted by molar-refractivity contribution is 5.70. The van der Waals surface area contributed by atoms with Crippen molar-refractivity contribution in [2.75, 3.05) is 39.4 Å². The number of carbonyl (C=O) groups excluding carboxylic acids is 2. The maximum atomic E-state index is 11.3. The van der Waals surface area contributed by atoms with Gasteiger partial charge in [-0.05, 0) is 0 Å². The molecule has 2 aliphatic heterocycles. The van der Waals surface area contributed by atoms with Crippen LogP contribution in [0, 0.1) is 5.41 Å². The Kier molecular flexibility index (Phi) is 3.13. The Morgan fingerprint density at radius 1 is 0.941 bits per heavy atom. The zero-order valence-electron chi connectivity index (χ0n) is 10.3. The highest BCUT2D eigenvalue weighted by Crippen LogP contribution is 2.19. The highest BCUT2D eigenvalue weighted by atomic mass is 16.6. The topological polar surface area (TPSA) is 58.6 Å². The van der Waals surface area contributed by atoms with Crippen LogP contribution in [0.5, 0.6) is 0 Å². The summed E-state index contributed by atoms with van der Waals surface area (Å²) in [6.07, 6.45) is -0.564. The van der Waals surface area contributed by atoms with Crippen LogP contribution >= 0.6 is 0 Å². The van der Waals surface area contributed by atoms with Crippen LogP contribution in [-0.2, 0) is 9.47 Å². The number of hydrogen-bond donors (Lipinski definition) is 0. The van der Waals surface area contributed by atoms with Gasteiger partial charge in [-0.2, -0.15) is 0 Å². The van der Waals surface area contributed by atoms with Gasteiger partial charge >= 0.3 is 12.2 Å². The number of carbonyl (C=O) groups is 2. The van der Waals surface area contributed by atoms with Crippen molar-refractivity contribution in [1.29, 1.82) is 0 Å². The summed E-state index contributed by atoms with van der Waals surface area (Å²) in [5.74, 6) is 0. The van der Waals surface area contributed by atoms with Crippen LogP contribution in [0.4, 0.5) is 9.59 Å². The maximum absolute atomic E-state index is 11.3. The molecule has 0 saturated carbocycles. The lowest BCUT2D eigenvalue weighted by Crippen LogP contribution is -2.30. The second-order valence-electron chi connectivity index (χ2n) is 5.25. The van der Waals surface area contributed by atoms with E-state index in [1.807, 2.05) is 13.8 Å². The standard InChI is InChI=1S/C11H18N2O4/c1-11(2,7-16-9(14)12-3-4-12)8-17-10(15)13-5-6-13/h3-8H2,1-2H3. The Labute approximate surface area is 100 Å². The Bertz CT molecular complexity index is 291. The molecule has 2 heterocycles. The molecule has 0 atom stereocenters. The van der Waals surface area contributed by atoms with E-state index in [1.165, 1.54) is 0 Å². The lowest BCUT2D eigenvalue weighted by molar-refractivity contribution is 0.0375. The van der Waals surface area contributed by atoms with Crippen molar-refractivity contribution >= 4 is 12.2 Å². The third kappa shape index (κ3) is 3.80. The molecular weight excluding hydrogens is 224 g/mol. The molecule has 0 bridgehead atoms. The van der Waals surface area contributed by atoms with Gasteiger partial charge in [-0.3, -0.25) is 0 Å². The molecule has 96 valence electrons. The van der Waals surface area contributed by atoms with Gasteiger partial charge < -0.3 is 19.3 Å². The highest BCUT2D eigenvalue weighted by Gasteiger charge is 2.31. The van der Waals surface area contributed by atoms with Crippen LogP contribution in [0.2, 0.25) is 0 Å². The monoisotopic (exact) mass is 242 g/mol. The second-order valence-corrected chi connectivity index (χ2v) is 5.25. The molecular formula is C11H18N2O4. The summed E-state index contributed by atoms with van der Waals surface area (Å²) in [6.45, 7) is 7.44. The molecule has 0 aromatic carbocycles. The fourth-order valence-electron chi connectivity index (χ4n) is 1.20. The molecule has 2 amide bonds. The molecule has 0 spiro atoms. The SMILES string of the molecule is CC(C)(COC(=O)N1CC1)COC(=O)N1CC1. The molecule has 0 aromatic rings. The minimum Gasteiger partial charge on any atom is -0.449 e. The first-order chi connectivity index (χ1) is 7.98. The lowest BCUT2D eigenvalue weighted by atomic mass is 9.96. The largest absolute Gasteiger partial charge is 0.449 e. The van der Waals surface area contributed by atoms with Gasteiger partial charge in [0, 0.05) is 31.6 Å². The molecule has 17 heavy (non-hydrogen) atoms. The molecule has 0 unspecified atom stereocenters. The van der Waals surface area contributed by atoms with E-state index in [0.29, 0.717) is 0 Å². The average molecular weight is 242 g/mol. The third-order valence-electron chi connectivity index (χ3n) is 2.58. The zero-order valence-corrected chi connectivity index (χ0v) is 10.3. The van der Waals surface area contributed by atoms with Crippen molar-refractivity contribution in [2.24, 2.45) is 5.41 Å². The van der Waals surface area contributed by atoms with Crippen molar-refractivity contribution in [3.63, 3.8) is 0 Å². The second kappa shape index (κ2) is 4.43. The zero-order chi connectivity index (χ0) is 12.5. The minimum atomic E-state index is -0.350. The summed E-state index contributed by atoms with van der Waals surface area (Å²) in [7, 11) is 0. The van der Waals surface area contributed by atoms with Gasteiger partial charge in [-0.15, -0.1) is 0 Å². The van der Waals surface area contributed by atoms with Gasteiger partial charge in [0.1, 0.15) is 13.2 Å². The normalized spacial score (nSPS) is 17.8. The quantitative estimate of drug-likeness (QED) is 0.688. The van der Waals surface area contributed by atoms with Gasteiger partial charge in [-0.1, -0.05) is 13.8 Å². The fraction of sp³-hybridized carbons (Fsp3) is 0.818. The molecule has 6 heteroatoms. The summed E-state index contributed by atoms with van der Waals surface area (Å²) >= 11 is 0. The number of nitrogens with zero attached hydrogens (tertiary/aromatic N) is 2. The molecule has 2 rings (SSSR count). The number of ether oxygens (including phenoxy) is 2. The first-order valence-corrected chi connectivity index (χ1v) is 5.81. The van der Waals surface area contributed by atoms with Crippen molar-refractivity contribution in [1.82, 2.24) is 9.80 Å². The Morgan fingerprint density at radius 3 is 1.59 bits per heavy atom. The van der Waals surface area contributed by atoms with E-state index in [-0.39, 0.29) is 30.8 Å². The van der Waals surface area contributed by atoms with E-state index in [4.69, 9.17) is 9.47 Å². The molecule has 6 nitrogen and oxygen atoms in total. The lowest BCUT2D eigenvalue weighted by Gasteiger charge is -2.23. The number of hydrogen-bond acceptors (Lipinski definition) is 4. The Morgan fingerprint density at radius 2 is 1.29 bits per heavy atom. The van der Waals surface area contributed by atoms with Crippen molar-refractivity contribution in [3.8, 4) is 0 Å². The fourth-order valence-corrected chi connectivity index (χ4v) is 1.20. The van der Waals surface area contributed by atoms with Crippen LogP contribution in [-0.4, -0.2) is 61.4 Å². The maximum Gasteiger partial charge on any atom is 0.409 e. The van der Waals surface area contributed by atoms with E-state index < -0.39 is 0 Å². The smallest absolute Gasteiger partial charge is 0.409 e. The number of amides is 2. The van der Waals surface area contributed by atoms with Gasteiger partial charge in [0.15, 0.2) is 0 Å². The van der Waals surface area contributed by atoms with E-state index >= 15 is 0 Å². The van der Waals surface area contributed by atoms with Crippen LogP contribution < -0.4 is 0 Å². The predicted octanol–water partition coefficient (Wildman–Crippen LogP) is 0.917. The van der Waals surface area contributed by atoms with Crippen LogP contribution in [0.25, 0.3) is 0 Å². The summed E-state index contributed by atoms with van der Waals surface area (Å²) in [5, 5.41) is 0.